The van der Waals surface area contributed by atoms with Crippen LogP contribution >= 0.6 is 0 Å². The zero-order chi connectivity index (χ0) is 58.1. The van der Waals surface area contributed by atoms with Crippen LogP contribution < -0.4 is 5.32 Å². The van der Waals surface area contributed by atoms with Crippen LogP contribution in [-0.4, -0.2) is 140 Å². The minimum atomic E-state index is -1.80. The van der Waals surface area contributed by atoms with Crippen molar-refractivity contribution < 1.29 is 64.6 Å². The van der Waals surface area contributed by atoms with E-state index in [4.69, 9.17) is 18.9 Å². The Morgan fingerprint density at radius 2 is 0.875 bits per heavy atom. The minimum Gasteiger partial charge on any atom is -0.394 e. The van der Waals surface area contributed by atoms with Gasteiger partial charge >= 0.3 is 0 Å². The topological polar surface area (TPSA) is 228 Å². The summed E-state index contributed by atoms with van der Waals surface area (Å²) in [5, 5.41) is 87.2. The van der Waals surface area contributed by atoms with Crippen LogP contribution in [0.3, 0.4) is 0 Å². The highest BCUT2D eigenvalue weighted by atomic mass is 16.7. The van der Waals surface area contributed by atoms with E-state index in [2.05, 4.69) is 92.1 Å². The Bertz CT molecular complexity index is 1660. The number of carbonyl (C=O) groups is 1. The lowest BCUT2D eigenvalue weighted by atomic mass is 9.97. The van der Waals surface area contributed by atoms with Crippen LogP contribution in [-0.2, 0) is 23.7 Å². The number of ether oxygens (including phenoxy) is 4. The molecule has 0 spiro atoms. The van der Waals surface area contributed by atoms with Gasteiger partial charge < -0.3 is 65.1 Å². The lowest BCUT2D eigenvalue weighted by Crippen LogP contribution is -2.65. The number of amides is 1. The molecule has 80 heavy (non-hydrogen) atoms. The number of aliphatic hydroxyl groups is 8. The molecule has 14 nitrogen and oxygen atoms in total. The number of carbonyl (C=O) groups excluding carboxylic acids is 1. The normalized spacial score (nSPS) is 24.8. The first-order valence-corrected chi connectivity index (χ1v) is 31.8. The average molecular weight is 1130 g/mol. The number of allylic oxidation sites excluding steroid dienone is 13. The Hall–Kier alpha value is -2.83. The lowest BCUT2D eigenvalue weighted by Gasteiger charge is -2.46. The monoisotopic (exact) mass is 1130 g/mol. The third-order valence-electron chi connectivity index (χ3n) is 15.0. The van der Waals surface area contributed by atoms with E-state index in [9.17, 15) is 45.6 Å². The van der Waals surface area contributed by atoms with Crippen LogP contribution in [0.25, 0.3) is 0 Å². The maximum atomic E-state index is 13.3. The molecule has 2 fully saturated rings. The average Bonchev–Trinajstić information content (AvgIpc) is 3.46. The highest BCUT2D eigenvalue weighted by Gasteiger charge is 2.51. The van der Waals surface area contributed by atoms with Gasteiger partial charge in [-0.05, 0) is 83.5 Å². The van der Waals surface area contributed by atoms with Gasteiger partial charge in [-0.3, -0.25) is 4.79 Å². The maximum Gasteiger partial charge on any atom is 0.220 e. The molecule has 9 N–H and O–H groups in total. The molecule has 0 aromatic carbocycles. The molecule has 2 rings (SSSR count). The van der Waals surface area contributed by atoms with Gasteiger partial charge in [-0.1, -0.05) is 227 Å². The molecule has 0 aliphatic carbocycles. The zero-order valence-corrected chi connectivity index (χ0v) is 49.8. The fourth-order valence-electron chi connectivity index (χ4n) is 9.96. The molecule has 12 unspecified atom stereocenters. The van der Waals surface area contributed by atoms with Gasteiger partial charge in [-0.25, -0.2) is 0 Å². The van der Waals surface area contributed by atoms with Crippen molar-refractivity contribution in [3.05, 3.63) is 85.1 Å². The third kappa shape index (κ3) is 35.3. The van der Waals surface area contributed by atoms with Crippen molar-refractivity contribution in [2.45, 2.75) is 306 Å². The lowest BCUT2D eigenvalue weighted by molar-refractivity contribution is -0.359. The highest BCUT2D eigenvalue weighted by Crippen LogP contribution is 2.30. The van der Waals surface area contributed by atoms with Crippen molar-refractivity contribution in [2.24, 2.45) is 0 Å². The van der Waals surface area contributed by atoms with Gasteiger partial charge in [0.05, 0.1) is 32.0 Å². The summed E-state index contributed by atoms with van der Waals surface area (Å²) in [6, 6.07) is -0.941. The van der Waals surface area contributed by atoms with Crippen molar-refractivity contribution in [1.82, 2.24) is 5.32 Å². The van der Waals surface area contributed by atoms with Gasteiger partial charge in [0.25, 0.3) is 0 Å². The predicted octanol–water partition coefficient (Wildman–Crippen LogP) is 11.7. The summed E-state index contributed by atoms with van der Waals surface area (Å²) < 4.78 is 22.8. The highest BCUT2D eigenvalue weighted by molar-refractivity contribution is 5.76. The molecule has 0 bridgehead atoms. The summed E-state index contributed by atoms with van der Waals surface area (Å²) in [4.78, 5) is 13.3. The molecule has 462 valence electrons. The van der Waals surface area contributed by atoms with E-state index >= 15 is 0 Å². The molecule has 1 amide bonds. The van der Waals surface area contributed by atoms with Crippen molar-refractivity contribution in [1.29, 1.82) is 0 Å². The molecular formula is C66H115NO13. The number of unbranched alkanes of at least 4 members (excludes halogenated alkanes) is 25. The van der Waals surface area contributed by atoms with E-state index < -0.39 is 86.8 Å². The first kappa shape index (κ1) is 73.3. The smallest absolute Gasteiger partial charge is 0.220 e. The van der Waals surface area contributed by atoms with Crippen molar-refractivity contribution >= 4 is 5.91 Å². The molecule has 0 saturated carbocycles. The number of aliphatic hydroxyl groups excluding tert-OH is 8. The Morgan fingerprint density at radius 1 is 0.463 bits per heavy atom. The first-order chi connectivity index (χ1) is 39.1. The Morgan fingerprint density at radius 3 is 1.38 bits per heavy atom. The van der Waals surface area contributed by atoms with E-state index in [1.54, 1.807) is 6.08 Å². The molecule has 14 heteroatoms. The van der Waals surface area contributed by atoms with Crippen LogP contribution in [0, 0.1) is 0 Å². The molecule has 2 aliphatic rings. The van der Waals surface area contributed by atoms with Crippen molar-refractivity contribution in [3.63, 3.8) is 0 Å². The van der Waals surface area contributed by atoms with E-state index in [0.717, 1.165) is 70.6 Å². The molecule has 0 aromatic heterocycles. The Balaban J connectivity index is 1.71. The molecular weight excluding hydrogens is 1010 g/mol. The van der Waals surface area contributed by atoms with E-state index in [-0.39, 0.29) is 18.9 Å². The standard InChI is InChI=1S/C66H115NO13/c1-3-5-7-9-11-13-15-17-19-21-22-23-24-25-26-27-28-29-30-31-32-34-36-38-40-42-44-46-48-50-58(71)67-54(55(70)49-47-45-43-41-39-37-35-33-20-18-16-14-12-10-8-6-4-2)53-77-65-63(76)61(74)64(57(52-69)79-65)80-66-62(75)60(73)59(72)56(51-68)78-66/h5,7,11,13,17,19-20,22-23,33,39,41,47,49,54-57,59-66,68-70,72-76H,3-4,6,8-10,12,14-16,18,21,24-32,34-38,40,42-46,48,50-53H2,1-2H3,(H,67,71)/b7-5-,13-11-,19-17-,23-22-,33-20+,41-39+,49-47+. The third-order valence-corrected chi connectivity index (χ3v) is 15.0. The number of nitrogens with one attached hydrogen (secondary N) is 1. The second-order valence-electron chi connectivity index (χ2n) is 22.1. The van der Waals surface area contributed by atoms with Gasteiger partial charge in [0.2, 0.25) is 5.91 Å². The van der Waals surface area contributed by atoms with Crippen LogP contribution in [0.2, 0.25) is 0 Å². The van der Waals surface area contributed by atoms with Gasteiger partial charge in [0.15, 0.2) is 12.6 Å². The van der Waals surface area contributed by atoms with Crippen LogP contribution in [0.1, 0.15) is 232 Å². The molecule has 2 heterocycles. The summed E-state index contributed by atoms with van der Waals surface area (Å²) in [6.07, 6.45) is 52.0. The fourth-order valence-corrected chi connectivity index (χ4v) is 9.96. The zero-order valence-electron chi connectivity index (χ0n) is 49.8. The number of rotatable bonds is 50. The summed E-state index contributed by atoms with van der Waals surface area (Å²) in [5.41, 5.74) is 0. The second-order valence-corrected chi connectivity index (χ2v) is 22.1. The summed E-state index contributed by atoms with van der Waals surface area (Å²) in [6.45, 7) is 2.66. The summed E-state index contributed by atoms with van der Waals surface area (Å²) in [7, 11) is 0. The second kappa shape index (κ2) is 50.7. The predicted molar refractivity (Wildman–Crippen MR) is 323 cm³/mol. The minimum absolute atomic E-state index is 0.255. The van der Waals surface area contributed by atoms with Crippen molar-refractivity contribution in [2.75, 3.05) is 19.8 Å². The van der Waals surface area contributed by atoms with E-state index in [1.165, 1.54) is 128 Å². The largest absolute Gasteiger partial charge is 0.394 e. The van der Waals surface area contributed by atoms with Crippen molar-refractivity contribution in [3.8, 4) is 0 Å². The molecule has 2 aliphatic heterocycles. The maximum absolute atomic E-state index is 13.3. The summed E-state index contributed by atoms with van der Waals surface area (Å²) in [5.74, 6) is -0.255. The van der Waals surface area contributed by atoms with Crippen LogP contribution in [0.5, 0.6) is 0 Å². The molecule has 0 radical (unpaired) electrons. The SMILES string of the molecule is CC/C=C\C/C=C\C/C=C\C/C=C\CCCCCCCCCCCCCCCCCCC(=O)NC(COC1OC(CO)C(OC2OC(CO)C(O)C(O)C2O)C(O)C1O)C(O)/C=C/CC/C=C/CC/C=C/CCCCCCCCC. The molecule has 2 saturated heterocycles. The molecule has 0 aromatic rings. The number of hydrogen-bond acceptors (Lipinski definition) is 13. The van der Waals surface area contributed by atoms with Gasteiger partial charge in [0, 0.05) is 6.42 Å². The summed E-state index contributed by atoms with van der Waals surface area (Å²) >= 11 is 0. The van der Waals surface area contributed by atoms with E-state index in [1.807, 2.05) is 6.08 Å². The van der Waals surface area contributed by atoms with Gasteiger partial charge in [0.1, 0.15) is 48.8 Å². The fraction of sp³-hybridized carbons (Fsp3) is 0.773. The Labute approximate surface area is 484 Å². The first-order valence-electron chi connectivity index (χ1n) is 31.8. The van der Waals surface area contributed by atoms with Crippen LogP contribution in [0.15, 0.2) is 85.1 Å². The van der Waals surface area contributed by atoms with Crippen LogP contribution in [0.4, 0.5) is 0 Å². The molecule has 12 atom stereocenters. The van der Waals surface area contributed by atoms with Gasteiger partial charge in [-0.15, -0.1) is 0 Å². The quantitative estimate of drug-likeness (QED) is 0.0204. The van der Waals surface area contributed by atoms with E-state index in [0.29, 0.717) is 12.8 Å². The van der Waals surface area contributed by atoms with Gasteiger partial charge in [-0.2, -0.15) is 0 Å². The number of hydrogen-bond donors (Lipinski definition) is 9. The Kier molecular flexibility index (Phi) is 46.4.